The Morgan fingerprint density at radius 2 is 1.77 bits per heavy atom. The maximum atomic E-state index is 12.3. The molecule has 0 atom stereocenters. The van der Waals surface area contributed by atoms with Gasteiger partial charge in [0.15, 0.2) is 18.1 Å². The zero-order valence-corrected chi connectivity index (χ0v) is 17.3. The van der Waals surface area contributed by atoms with E-state index in [0.717, 1.165) is 0 Å². The molecule has 158 valence electrons. The van der Waals surface area contributed by atoms with E-state index in [1.807, 2.05) is 0 Å². The number of nitrogens with zero attached hydrogens (tertiary/aromatic N) is 1. The number of hydrogen-bond donors (Lipinski definition) is 1. The Morgan fingerprint density at radius 3 is 2.47 bits per heavy atom. The van der Waals surface area contributed by atoms with E-state index in [4.69, 9.17) is 25.8 Å². The first kappa shape index (κ1) is 21.4. The molecule has 2 amide bonds. The van der Waals surface area contributed by atoms with Crippen molar-refractivity contribution in [3.8, 4) is 11.5 Å². The average molecular weight is 433 g/mol. The van der Waals surface area contributed by atoms with Crippen LogP contribution in [0.2, 0.25) is 5.02 Å². The van der Waals surface area contributed by atoms with Crippen LogP contribution in [0.25, 0.3) is 0 Å². The summed E-state index contributed by atoms with van der Waals surface area (Å²) in [6, 6.07) is 9.29. The Bertz CT molecular complexity index is 959. The summed E-state index contributed by atoms with van der Waals surface area (Å²) in [4.78, 5) is 37.7. The Labute approximate surface area is 178 Å². The summed E-state index contributed by atoms with van der Waals surface area (Å²) >= 11 is 6.17. The molecule has 30 heavy (non-hydrogen) atoms. The second-order valence-electron chi connectivity index (χ2n) is 6.74. The van der Waals surface area contributed by atoms with Crippen LogP contribution in [0.1, 0.15) is 27.1 Å². The summed E-state index contributed by atoms with van der Waals surface area (Å²) in [5.74, 6) is -0.621. The van der Waals surface area contributed by atoms with Crippen LogP contribution in [-0.4, -0.2) is 56.6 Å². The number of carbonyl (C=O) groups is 3. The first-order valence-electron chi connectivity index (χ1n) is 9.23. The van der Waals surface area contributed by atoms with E-state index in [-0.39, 0.29) is 16.5 Å². The molecule has 3 rings (SSSR count). The fourth-order valence-electron chi connectivity index (χ4n) is 2.71. The first-order chi connectivity index (χ1) is 14.3. The van der Waals surface area contributed by atoms with Crippen molar-refractivity contribution in [2.24, 2.45) is 0 Å². The van der Waals surface area contributed by atoms with Crippen molar-refractivity contribution >= 4 is 35.1 Å². The third-order valence-electron chi connectivity index (χ3n) is 4.19. The van der Waals surface area contributed by atoms with E-state index in [1.54, 1.807) is 38.4 Å². The average Bonchev–Trinajstić information content (AvgIpc) is 2.98. The van der Waals surface area contributed by atoms with E-state index in [9.17, 15) is 14.4 Å². The number of anilines is 1. The molecule has 1 heterocycles. The Balaban J connectivity index is 1.57. The van der Waals surface area contributed by atoms with Crippen molar-refractivity contribution in [1.82, 2.24) is 4.90 Å². The van der Waals surface area contributed by atoms with E-state index >= 15 is 0 Å². The largest absolute Gasteiger partial charge is 0.489 e. The minimum absolute atomic E-state index is 0.143. The van der Waals surface area contributed by atoms with Crippen molar-refractivity contribution < 1.29 is 28.6 Å². The summed E-state index contributed by atoms with van der Waals surface area (Å²) in [6.45, 7) is 0.438. The molecule has 0 saturated carbocycles. The van der Waals surface area contributed by atoms with E-state index < -0.39 is 18.5 Å². The second kappa shape index (κ2) is 9.49. The number of fused-ring (bicyclic) bond motifs is 1. The highest BCUT2D eigenvalue weighted by molar-refractivity contribution is 6.32. The van der Waals surface area contributed by atoms with Crippen LogP contribution in [0.15, 0.2) is 36.4 Å². The highest BCUT2D eigenvalue weighted by atomic mass is 35.5. The molecule has 0 unspecified atom stereocenters. The molecule has 8 nitrogen and oxygen atoms in total. The molecule has 0 aliphatic carbocycles. The Morgan fingerprint density at radius 1 is 1.07 bits per heavy atom. The predicted molar refractivity (Wildman–Crippen MR) is 110 cm³/mol. The van der Waals surface area contributed by atoms with Crippen molar-refractivity contribution in [1.29, 1.82) is 0 Å². The van der Waals surface area contributed by atoms with Crippen LogP contribution in [0.4, 0.5) is 5.69 Å². The van der Waals surface area contributed by atoms with Gasteiger partial charge in [0.1, 0.15) is 0 Å². The van der Waals surface area contributed by atoms with Gasteiger partial charge >= 0.3 is 5.97 Å². The molecule has 0 aromatic heterocycles. The monoisotopic (exact) mass is 432 g/mol. The maximum absolute atomic E-state index is 12.3. The molecular weight excluding hydrogens is 412 g/mol. The lowest BCUT2D eigenvalue weighted by Gasteiger charge is -2.12. The van der Waals surface area contributed by atoms with Crippen LogP contribution in [-0.2, 0) is 9.53 Å². The minimum Gasteiger partial charge on any atom is -0.489 e. The lowest BCUT2D eigenvalue weighted by molar-refractivity contribution is -0.119. The molecular formula is C21H21ClN2O6. The Kier molecular flexibility index (Phi) is 6.79. The summed E-state index contributed by atoms with van der Waals surface area (Å²) in [5.41, 5.74) is 1.13. The molecule has 0 radical (unpaired) electrons. The van der Waals surface area contributed by atoms with E-state index in [2.05, 4.69) is 5.32 Å². The summed E-state index contributed by atoms with van der Waals surface area (Å²) < 4.78 is 16.1. The van der Waals surface area contributed by atoms with Gasteiger partial charge in [-0.3, -0.25) is 9.59 Å². The fraction of sp³-hybridized carbons (Fsp3) is 0.286. The molecule has 2 aromatic rings. The molecule has 0 fully saturated rings. The molecule has 1 aliphatic rings. The van der Waals surface area contributed by atoms with Crippen LogP contribution in [0, 0.1) is 0 Å². The molecule has 1 aliphatic heterocycles. The van der Waals surface area contributed by atoms with Gasteiger partial charge in [-0.25, -0.2) is 4.79 Å². The fourth-order valence-corrected chi connectivity index (χ4v) is 2.98. The summed E-state index contributed by atoms with van der Waals surface area (Å²) in [6.07, 6.45) is 0.704. The molecule has 9 heteroatoms. The second-order valence-corrected chi connectivity index (χ2v) is 7.14. The standard InChI is InChI=1S/C21H21ClN2O6/c1-24(2)20(26)13-4-6-15(7-5-13)23-18(25)12-30-21(27)14-10-16(22)19-17(11-14)28-8-3-9-29-19/h4-7,10-11H,3,8-9,12H2,1-2H3,(H,23,25). The van der Waals surface area contributed by atoms with Gasteiger partial charge in [-0.2, -0.15) is 0 Å². The predicted octanol–water partition coefficient (Wildman–Crippen LogP) is 3.00. The van der Waals surface area contributed by atoms with Crippen molar-refractivity contribution in [2.45, 2.75) is 6.42 Å². The van der Waals surface area contributed by atoms with Crippen molar-refractivity contribution in [3.63, 3.8) is 0 Å². The smallest absolute Gasteiger partial charge is 0.338 e. The molecule has 0 spiro atoms. The number of hydrogen-bond acceptors (Lipinski definition) is 6. The number of nitrogens with one attached hydrogen (secondary N) is 1. The van der Waals surface area contributed by atoms with Crippen LogP contribution in [0.3, 0.4) is 0 Å². The number of esters is 1. The highest BCUT2D eigenvalue weighted by Gasteiger charge is 2.20. The third-order valence-corrected chi connectivity index (χ3v) is 4.47. The zero-order valence-electron chi connectivity index (χ0n) is 16.6. The summed E-state index contributed by atoms with van der Waals surface area (Å²) in [5, 5.41) is 2.84. The zero-order chi connectivity index (χ0) is 21.7. The molecule has 0 bridgehead atoms. The van der Waals surface area contributed by atoms with Gasteiger partial charge in [0.25, 0.3) is 11.8 Å². The number of halogens is 1. The molecule has 0 saturated heterocycles. The van der Waals surface area contributed by atoms with Gasteiger partial charge in [0.05, 0.1) is 23.8 Å². The number of benzene rings is 2. The number of ether oxygens (including phenoxy) is 3. The van der Waals surface area contributed by atoms with Gasteiger partial charge in [-0.1, -0.05) is 11.6 Å². The first-order valence-corrected chi connectivity index (χ1v) is 9.61. The van der Waals surface area contributed by atoms with Crippen LogP contribution < -0.4 is 14.8 Å². The minimum atomic E-state index is -0.713. The lowest BCUT2D eigenvalue weighted by atomic mass is 10.2. The Hall–Kier alpha value is -3.26. The number of carbonyl (C=O) groups excluding carboxylic acids is 3. The van der Waals surface area contributed by atoms with Gasteiger partial charge in [-0.15, -0.1) is 0 Å². The normalized spacial score (nSPS) is 12.5. The van der Waals surface area contributed by atoms with Crippen LogP contribution >= 0.6 is 11.6 Å². The lowest BCUT2D eigenvalue weighted by Crippen LogP contribution is -2.22. The molecule has 1 N–H and O–H groups in total. The van der Waals surface area contributed by atoms with E-state index in [1.165, 1.54) is 17.0 Å². The summed E-state index contributed by atoms with van der Waals surface area (Å²) in [7, 11) is 3.31. The van der Waals surface area contributed by atoms with Crippen LogP contribution in [0.5, 0.6) is 11.5 Å². The van der Waals surface area contributed by atoms with E-state index in [0.29, 0.717) is 42.4 Å². The van der Waals surface area contributed by atoms with Gasteiger partial charge < -0.3 is 24.4 Å². The number of rotatable bonds is 5. The van der Waals surface area contributed by atoms with Crippen molar-refractivity contribution in [3.05, 3.63) is 52.5 Å². The SMILES string of the molecule is CN(C)C(=O)c1ccc(NC(=O)COC(=O)c2cc(Cl)c3c(c2)OCCCO3)cc1. The molecule has 2 aromatic carbocycles. The number of amides is 2. The highest BCUT2D eigenvalue weighted by Crippen LogP contribution is 2.38. The quantitative estimate of drug-likeness (QED) is 0.730. The third kappa shape index (κ3) is 5.21. The van der Waals surface area contributed by atoms with Gasteiger partial charge in [-0.05, 0) is 36.4 Å². The maximum Gasteiger partial charge on any atom is 0.338 e. The topological polar surface area (TPSA) is 94.2 Å². The van der Waals surface area contributed by atoms with Gasteiger partial charge in [0.2, 0.25) is 0 Å². The van der Waals surface area contributed by atoms with Gasteiger partial charge in [0, 0.05) is 31.8 Å². The van der Waals surface area contributed by atoms with Crippen molar-refractivity contribution in [2.75, 3.05) is 39.2 Å².